The van der Waals surface area contributed by atoms with Gasteiger partial charge in [0.2, 0.25) is 5.95 Å². The Labute approximate surface area is 88.1 Å². The molecular formula is C9H15N5O. The number of β-amino-alcohol motifs (C(OH)–C–C–N with tert-alkyl or cyclic N) is 1. The Hall–Kier alpha value is -1.40. The van der Waals surface area contributed by atoms with Gasteiger partial charge in [-0.3, -0.25) is 5.43 Å². The lowest BCUT2D eigenvalue weighted by molar-refractivity contribution is 0.154. The number of piperidine rings is 1. The lowest BCUT2D eigenvalue weighted by atomic mass is 10.1. The SMILES string of the molecule is NNc1nccc(N2CCCC(O)C2)n1. The molecular weight excluding hydrogens is 194 g/mol. The van der Waals surface area contributed by atoms with Crippen LogP contribution >= 0.6 is 0 Å². The third-order valence-corrected chi connectivity index (χ3v) is 2.49. The Morgan fingerprint density at radius 3 is 3.20 bits per heavy atom. The predicted molar refractivity (Wildman–Crippen MR) is 57.3 cm³/mol. The van der Waals surface area contributed by atoms with E-state index in [1.165, 1.54) is 0 Å². The zero-order chi connectivity index (χ0) is 10.7. The summed E-state index contributed by atoms with van der Waals surface area (Å²) in [4.78, 5) is 10.2. The molecule has 0 aromatic carbocycles. The van der Waals surface area contributed by atoms with Gasteiger partial charge in [0.1, 0.15) is 5.82 Å². The fraction of sp³-hybridized carbons (Fsp3) is 0.556. The molecule has 6 nitrogen and oxygen atoms in total. The normalized spacial score (nSPS) is 21.5. The summed E-state index contributed by atoms with van der Waals surface area (Å²) in [5, 5.41) is 9.54. The summed E-state index contributed by atoms with van der Waals surface area (Å²) < 4.78 is 0. The Morgan fingerprint density at radius 1 is 1.60 bits per heavy atom. The first-order valence-electron chi connectivity index (χ1n) is 5.02. The molecule has 0 aliphatic carbocycles. The largest absolute Gasteiger partial charge is 0.391 e. The molecule has 0 amide bonds. The Balaban J connectivity index is 2.13. The number of hydrogen-bond donors (Lipinski definition) is 3. The molecule has 1 aromatic rings. The van der Waals surface area contributed by atoms with Gasteiger partial charge in [-0.25, -0.2) is 10.8 Å². The number of nitrogens with two attached hydrogens (primary N) is 1. The van der Waals surface area contributed by atoms with Gasteiger partial charge in [0.15, 0.2) is 0 Å². The predicted octanol–water partition coefficient (Wildman–Crippen LogP) is -0.277. The first kappa shape index (κ1) is 10.1. The second-order valence-electron chi connectivity index (χ2n) is 3.62. The smallest absolute Gasteiger partial charge is 0.239 e. The summed E-state index contributed by atoms with van der Waals surface area (Å²) in [6.45, 7) is 1.54. The number of anilines is 2. The van der Waals surface area contributed by atoms with E-state index in [0.29, 0.717) is 12.5 Å². The molecule has 1 atom stereocenters. The number of nitrogens with one attached hydrogen (secondary N) is 1. The van der Waals surface area contributed by atoms with E-state index >= 15 is 0 Å². The van der Waals surface area contributed by atoms with Crippen molar-refractivity contribution in [2.45, 2.75) is 18.9 Å². The Bertz CT molecular complexity index is 332. The molecule has 1 fully saturated rings. The molecule has 2 heterocycles. The maximum Gasteiger partial charge on any atom is 0.239 e. The van der Waals surface area contributed by atoms with Gasteiger partial charge in [-0.15, -0.1) is 0 Å². The van der Waals surface area contributed by atoms with E-state index in [2.05, 4.69) is 15.4 Å². The standard InChI is InChI=1S/C9H15N5O/c10-13-9-11-4-3-8(12-9)14-5-1-2-7(15)6-14/h3-4,7,15H,1-2,5-6,10H2,(H,11,12,13). The number of nitrogens with zero attached hydrogens (tertiary/aromatic N) is 3. The van der Waals surface area contributed by atoms with Gasteiger partial charge in [-0.2, -0.15) is 4.98 Å². The quantitative estimate of drug-likeness (QED) is 0.459. The van der Waals surface area contributed by atoms with Gasteiger partial charge in [-0.05, 0) is 18.9 Å². The minimum atomic E-state index is -0.261. The van der Waals surface area contributed by atoms with Gasteiger partial charge in [0.25, 0.3) is 0 Å². The molecule has 6 heteroatoms. The summed E-state index contributed by atoms with van der Waals surface area (Å²) in [5.41, 5.74) is 2.41. The molecule has 1 aliphatic heterocycles. The van der Waals surface area contributed by atoms with E-state index in [-0.39, 0.29) is 6.10 Å². The van der Waals surface area contributed by atoms with Crippen LogP contribution < -0.4 is 16.2 Å². The van der Waals surface area contributed by atoms with Crippen LogP contribution in [0.15, 0.2) is 12.3 Å². The molecule has 1 saturated heterocycles. The van der Waals surface area contributed by atoms with Crippen LogP contribution in [0.5, 0.6) is 0 Å². The highest BCUT2D eigenvalue weighted by atomic mass is 16.3. The van der Waals surface area contributed by atoms with Crippen LogP contribution in [0, 0.1) is 0 Å². The average Bonchev–Trinajstić information content (AvgIpc) is 2.29. The third kappa shape index (κ3) is 2.34. The van der Waals surface area contributed by atoms with Crippen LogP contribution in [0.1, 0.15) is 12.8 Å². The Kier molecular flexibility index (Phi) is 2.98. The zero-order valence-electron chi connectivity index (χ0n) is 8.43. The van der Waals surface area contributed by atoms with Gasteiger partial charge in [0.05, 0.1) is 6.10 Å². The van der Waals surface area contributed by atoms with Crippen molar-refractivity contribution in [3.8, 4) is 0 Å². The minimum Gasteiger partial charge on any atom is -0.391 e. The molecule has 1 aromatic heterocycles. The number of aliphatic hydroxyl groups is 1. The molecule has 0 bridgehead atoms. The number of aromatic nitrogens is 2. The first-order chi connectivity index (χ1) is 7.29. The van der Waals surface area contributed by atoms with Crippen molar-refractivity contribution >= 4 is 11.8 Å². The molecule has 15 heavy (non-hydrogen) atoms. The molecule has 0 radical (unpaired) electrons. The van der Waals surface area contributed by atoms with E-state index in [4.69, 9.17) is 5.84 Å². The van der Waals surface area contributed by atoms with Crippen LogP contribution in [0.2, 0.25) is 0 Å². The number of rotatable bonds is 2. The van der Waals surface area contributed by atoms with Crippen LogP contribution in [0.3, 0.4) is 0 Å². The van der Waals surface area contributed by atoms with E-state index in [9.17, 15) is 5.11 Å². The maximum atomic E-state index is 9.54. The highest BCUT2D eigenvalue weighted by Crippen LogP contribution is 2.17. The van der Waals surface area contributed by atoms with Gasteiger partial charge in [0, 0.05) is 19.3 Å². The van der Waals surface area contributed by atoms with Crippen molar-refractivity contribution in [1.82, 2.24) is 9.97 Å². The van der Waals surface area contributed by atoms with Crippen LogP contribution in [-0.4, -0.2) is 34.3 Å². The van der Waals surface area contributed by atoms with Crippen molar-refractivity contribution in [3.05, 3.63) is 12.3 Å². The topological polar surface area (TPSA) is 87.3 Å². The number of aliphatic hydroxyl groups excluding tert-OH is 1. The van der Waals surface area contributed by atoms with Crippen LogP contribution in [0.4, 0.5) is 11.8 Å². The van der Waals surface area contributed by atoms with Gasteiger partial charge >= 0.3 is 0 Å². The van der Waals surface area contributed by atoms with Crippen molar-refractivity contribution in [3.63, 3.8) is 0 Å². The van der Waals surface area contributed by atoms with Gasteiger partial charge in [-0.1, -0.05) is 0 Å². The van der Waals surface area contributed by atoms with Gasteiger partial charge < -0.3 is 10.0 Å². The van der Waals surface area contributed by atoms with Crippen molar-refractivity contribution in [2.75, 3.05) is 23.4 Å². The van der Waals surface area contributed by atoms with Crippen LogP contribution in [-0.2, 0) is 0 Å². The monoisotopic (exact) mass is 209 g/mol. The van der Waals surface area contributed by atoms with E-state index in [1.807, 2.05) is 11.0 Å². The lowest BCUT2D eigenvalue weighted by Gasteiger charge is -2.30. The summed E-state index contributed by atoms with van der Waals surface area (Å²) in [7, 11) is 0. The number of nitrogen functional groups attached to an aromatic ring is 1. The van der Waals surface area contributed by atoms with E-state index in [0.717, 1.165) is 25.2 Å². The first-order valence-corrected chi connectivity index (χ1v) is 5.02. The highest BCUT2D eigenvalue weighted by Gasteiger charge is 2.18. The van der Waals surface area contributed by atoms with Crippen molar-refractivity contribution < 1.29 is 5.11 Å². The zero-order valence-corrected chi connectivity index (χ0v) is 8.43. The molecule has 4 N–H and O–H groups in total. The molecule has 2 rings (SSSR count). The average molecular weight is 209 g/mol. The molecule has 1 aliphatic rings. The fourth-order valence-corrected chi connectivity index (χ4v) is 1.76. The van der Waals surface area contributed by atoms with E-state index < -0.39 is 0 Å². The fourth-order valence-electron chi connectivity index (χ4n) is 1.76. The second kappa shape index (κ2) is 4.41. The Morgan fingerprint density at radius 2 is 2.47 bits per heavy atom. The summed E-state index contributed by atoms with van der Waals surface area (Å²) in [6, 6.07) is 1.82. The molecule has 82 valence electrons. The lowest BCUT2D eigenvalue weighted by Crippen LogP contribution is -2.38. The number of hydrazine groups is 1. The molecule has 0 saturated carbocycles. The summed E-state index contributed by atoms with van der Waals surface area (Å²) in [6.07, 6.45) is 3.24. The van der Waals surface area contributed by atoms with E-state index in [1.54, 1.807) is 6.20 Å². The molecule has 0 spiro atoms. The maximum absolute atomic E-state index is 9.54. The highest BCUT2D eigenvalue weighted by molar-refractivity contribution is 5.42. The third-order valence-electron chi connectivity index (χ3n) is 2.49. The summed E-state index contributed by atoms with van der Waals surface area (Å²) in [5.74, 6) is 6.43. The summed E-state index contributed by atoms with van der Waals surface area (Å²) >= 11 is 0. The minimum absolute atomic E-state index is 0.261. The van der Waals surface area contributed by atoms with Crippen molar-refractivity contribution in [1.29, 1.82) is 0 Å². The molecule has 1 unspecified atom stereocenters. The van der Waals surface area contributed by atoms with Crippen molar-refractivity contribution in [2.24, 2.45) is 5.84 Å². The number of hydrogen-bond acceptors (Lipinski definition) is 6. The second-order valence-corrected chi connectivity index (χ2v) is 3.62. The van der Waals surface area contributed by atoms with Crippen LogP contribution in [0.25, 0.3) is 0 Å².